The van der Waals surface area contributed by atoms with Crippen molar-refractivity contribution in [3.8, 4) is 11.1 Å². The van der Waals surface area contributed by atoms with Crippen LogP contribution in [-0.2, 0) is 31.9 Å². The van der Waals surface area contributed by atoms with E-state index >= 15 is 8.78 Å². The van der Waals surface area contributed by atoms with Crippen molar-refractivity contribution in [2.45, 2.75) is 69.2 Å². The lowest BCUT2D eigenvalue weighted by atomic mass is 9.95. The first-order valence-corrected chi connectivity index (χ1v) is 24.9. The highest BCUT2D eigenvalue weighted by molar-refractivity contribution is 7.90. The molecular weight excluding hydrogens is 916 g/mol. The van der Waals surface area contributed by atoms with Crippen LogP contribution in [0.5, 0.6) is 0 Å². The maximum Gasteiger partial charge on any atom is 0.301 e. The Kier molecular flexibility index (Phi) is 11.5. The van der Waals surface area contributed by atoms with Gasteiger partial charge in [-0.15, -0.1) is 0 Å². The van der Waals surface area contributed by atoms with Gasteiger partial charge >= 0.3 is 10.2 Å². The molecule has 1 aliphatic carbocycles. The molecule has 0 radical (unpaired) electrons. The Balaban J connectivity index is 0.693. The number of nitrogens with zero attached hydrogens (tertiary/aromatic N) is 8. The third-order valence-corrected chi connectivity index (χ3v) is 16.4. The molecule has 3 aromatic heterocycles. The first-order chi connectivity index (χ1) is 33.2. The van der Waals surface area contributed by atoms with Crippen molar-refractivity contribution in [3.63, 3.8) is 0 Å². The first-order valence-electron chi connectivity index (χ1n) is 23.5. The van der Waals surface area contributed by atoms with Crippen LogP contribution in [0.15, 0.2) is 61.2 Å². The van der Waals surface area contributed by atoms with Crippen LogP contribution in [0.25, 0.3) is 22.2 Å². The van der Waals surface area contributed by atoms with Gasteiger partial charge in [0.2, 0.25) is 17.6 Å². The number of pyridine rings is 1. The van der Waals surface area contributed by atoms with Crippen LogP contribution < -0.4 is 14.9 Å². The number of ketones is 1. The largest absolute Gasteiger partial charge is 0.372 e. The molecule has 0 unspecified atom stereocenters. The molecule has 0 spiro atoms. The summed E-state index contributed by atoms with van der Waals surface area (Å²) in [6, 6.07) is 8.69. The van der Waals surface area contributed by atoms with Gasteiger partial charge in [-0.1, -0.05) is 0 Å². The summed E-state index contributed by atoms with van der Waals surface area (Å²) in [6.07, 6.45) is 9.57. The average Bonchev–Trinajstić information content (AvgIpc) is 3.66. The zero-order valence-corrected chi connectivity index (χ0v) is 38.4. The molecule has 3 amide bonds. The number of imide groups is 1. The summed E-state index contributed by atoms with van der Waals surface area (Å²) in [7, 11) is -4.37. The number of aromatic nitrogens is 4. The van der Waals surface area contributed by atoms with Gasteiger partial charge in [-0.05, 0) is 86.4 Å². The molecule has 0 bridgehead atoms. The predicted octanol–water partition coefficient (Wildman–Crippen LogP) is 4.51. The Hall–Kier alpha value is -6.29. The highest BCUT2D eigenvalue weighted by atomic mass is 32.2. The number of carbonyl (C=O) groups excluding carboxylic acids is 4. The molecule has 5 aliphatic heterocycles. The molecule has 2 atom stereocenters. The van der Waals surface area contributed by atoms with Gasteiger partial charge in [0.15, 0.2) is 5.82 Å². The van der Waals surface area contributed by atoms with Gasteiger partial charge in [-0.2, -0.15) is 12.7 Å². The number of hydrogen-bond donors (Lipinski definition) is 3. The fourth-order valence-corrected chi connectivity index (χ4v) is 12.1. The molecule has 2 aromatic carbocycles. The summed E-state index contributed by atoms with van der Waals surface area (Å²) >= 11 is 0. The molecule has 5 fully saturated rings. The number of rotatable bonds is 12. The number of halogens is 3. The third kappa shape index (κ3) is 8.41. The van der Waals surface area contributed by atoms with Gasteiger partial charge in [-0.25, -0.2) is 28.1 Å². The molecule has 4 saturated heterocycles. The van der Waals surface area contributed by atoms with Crippen molar-refractivity contribution < 1.29 is 40.8 Å². The molecule has 1 saturated carbocycles. The predicted molar refractivity (Wildman–Crippen MR) is 247 cm³/mol. The van der Waals surface area contributed by atoms with Crippen LogP contribution in [-0.4, -0.2) is 142 Å². The molecule has 11 rings (SSSR count). The lowest BCUT2D eigenvalue weighted by Gasteiger charge is -2.41. The van der Waals surface area contributed by atoms with Gasteiger partial charge in [0.05, 0.1) is 16.8 Å². The number of piperazine rings is 1. The summed E-state index contributed by atoms with van der Waals surface area (Å²) in [6.45, 7) is 6.43. The third-order valence-electron chi connectivity index (χ3n) is 14.9. The van der Waals surface area contributed by atoms with Gasteiger partial charge in [-0.3, -0.25) is 34.1 Å². The van der Waals surface area contributed by atoms with Crippen LogP contribution in [0.2, 0.25) is 0 Å². The highest BCUT2D eigenvalue weighted by Gasteiger charge is 2.52. The second-order valence-corrected chi connectivity index (χ2v) is 20.7. The number of anilines is 2. The monoisotopic (exact) mass is 965 g/mol. The standard InChI is InChI=1S/C48H50F3N11O6S/c49-32-9-14-61(27-32)69(67,68)57-38-4-3-37(50)41(42(38)51)43(64)36-24-53-44-35(36)20-29(21-52-44)31-22-54-47(55-23-31)48(10-11-48)60-17-15-58(16-18-60)25-28-7-12-59(13-8-28)33-1-2-34-30(19-33)26-62(46(34)66)39-5-6-40(63)56-45(39)65/h1-4,19-24,28,32,39,57H,5-18,25-27H2,(H,52,53)(H,56,63,65)/t32-,39+/m1/s1. The van der Waals surface area contributed by atoms with Crippen LogP contribution in [0.3, 0.4) is 0 Å². The number of alkyl halides is 1. The summed E-state index contributed by atoms with van der Waals surface area (Å²) in [5.74, 6) is -3.15. The summed E-state index contributed by atoms with van der Waals surface area (Å²) < 4.78 is 73.3. The van der Waals surface area contributed by atoms with E-state index in [0.717, 1.165) is 105 Å². The number of nitrogens with one attached hydrogen (secondary N) is 3. The van der Waals surface area contributed by atoms with E-state index in [2.05, 4.69) is 36.1 Å². The van der Waals surface area contributed by atoms with E-state index in [1.165, 1.54) is 6.20 Å². The Labute approximate surface area is 395 Å². The second kappa shape index (κ2) is 17.6. The zero-order chi connectivity index (χ0) is 47.8. The normalized spacial score (nSPS) is 22.6. The Morgan fingerprint density at radius 1 is 0.870 bits per heavy atom. The first kappa shape index (κ1) is 45.2. The lowest BCUT2D eigenvalue weighted by Crippen LogP contribution is -2.52. The average molecular weight is 966 g/mol. The summed E-state index contributed by atoms with van der Waals surface area (Å²) in [5.41, 5.74) is 2.23. The minimum atomic E-state index is -4.37. The fourth-order valence-electron chi connectivity index (χ4n) is 10.8. The van der Waals surface area contributed by atoms with Gasteiger partial charge in [0, 0.05) is 130 Å². The minimum Gasteiger partial charge on any atom is -0.372 e. The van der Waals surface area contributed by atoms with Crippen LogP contribution in [0.1, 0.15) is 82.6 Å². The minimum absolute atomic E-state index is 0.00224. The molecule has 5 aromatic rings. The van der Waals surface area contributed by atoms with Gasteiger partial charge in [0.1, 0.15) is 29.5 Å². The van der Waals surface area contributed by atoms with Crippen molar-refractivity contribution >= 4 is 56.1 Å². The number of hydrogen-bond acceptors (Lipinski definition) is 12. The number of carbonyl (C=O) groups is 4. The highest BCUT2D eigenvalue weighted by Crippen LogP contribution is 2.50. The summed E-state index contributed by atoms with van der Waals surface area (Å²) in [5, 5.41) is 2.66. The Morgan fingerprint density at radius 3 is 2.33 bits per heavy atom. The molecular formula is C48H50F3N11O6S. The summed E-state index contributed by atoms with van der Waals surface area (Å²) in [4.78, 5) is 77.2. The topological polar surface area (TPSA) is 197 Å². The van der Waals surface area contributed by atoms with Crippen LogP contribution in [0.4, 0.5) is 24.5 Å². The van der Waals surface area contributed by atoms with E-state index in [1.54, 1.807) is 29.6 Å². The van der Waals surface area contributed by atoms with Crippen molar-refractivity contribution in [1.29, 1.82) is 0 Å². The molecule has 6 aliphatic rings. The molecule has 8 heterocycles. The maximum absolute atomic E-state index is 15.8. The van der Waals surface area contributed by atoms with Crippen molar-refractivity contribution in [2.75, 3.05) is 68.5 Å². The number of aromatic amines is 1. The van der Waals surface area contributed by atoms with Gasteiger partial charge < -0.3 is 19.7 Å². The van der Waals surface area contributed by atoms with E-state index in [1.807, 2.05) is 16.9 Å². The Morgan fingerprint density at radius 2 is 1.62 bits per heavy atom. The zero-order valence-electron chi connectivity index (χ0n) is 37.6. The van der Waals surface area contributed by atoms with Crippen LogP contribution in [0, 0.1) is 17.6 Å². The quantitative estimate of drug-likeness (QED) is 0.117. The second-order valence-electron chi connectivity index (χ2n) is 19.1. The maximum atomic E-state index is 15.8. The number of piperidine rings is 2. The molecule has 360 valence electrons. The smallest absolute Gasteiger partial charge is 0.301 e. The Bertz CT molecular complexity index is 3010. The van der Waals surface area contributed by atoms with E-state index in [9.17, 15) is 32.0 Å². The molecule has 17 nitrogen and oxygen atoms in total. The van der Waals surface area contributed by atoms with Crippen molar-refractivity contribution in [3.05, 3.63) is 101 Å². The van der Waals surface area contributed by atoms with Crippen molar-refractivity contribution in [1.82, 2.24) is 44.3 Å². The van der Waals surface area contributed by atoms with E-state index in [4.69, 9.17) is 9.97 Å². The number of benzene rings is 2. The van der Waals surface area contributed by atoms with E-state index < -0.39 is 63.5 Å². The number of amides is 3. The van der Waals surface area contributed by atoms with E-state index in [0.29, 0.717) is 46.6 Å². The molecule has 3 N–H and O–H groups in total. The SMILES string of the molecule is O=C1CC[C@H](N2Cc3cc(N4CCC(CN5CCN(C6(c7ncc(-c8cnc9[nH]cc(C(=O)c%10c(F)ccc(NS(=O)(=O)N%11CC[C@@H](F)C%11)c%10F)c9c8)cn7)CC6)CC5)CC4)ccc3C2=O)C(=O)N1. The van der Waals surface area contributed by atoms with Crippen LogP contribution >= 0.6 is 0 Å². The molecule has 69 heavy (non-hydrogen) atoms. The number of H-pyrrole nitrogens is 1. The fraction of sp³-hybridized carbons (Fsp3) is 0.438. The van der Waals surface area contributed by atoms with Crippen molar-refractivity contribution in [2.24, 2.45) is 5.92 Å². The van der Waals surface area contributed by atoms with E-state index in [-0.39, 0.29) is 42.3 Å². The molecule has 21 heteroatoms. The number of fused-ring (bicyclic) bond motifs is 2. The van der Waals surface area contributed by atoms with Gasteiger partial charge in [0.25, 0.3) is 5.91 Å². The lowest BCUT2D eigenvalue weighted by molar-refractivity contribution is -0.136.